The van der Waals surface area contributed by atoms with E-state index in [0.717, 1.165) is 7.11 Å². The Morgan fingerprint density at radius 2 is 1.56 bits per heavy atom. The Labute approximate surface area is 156 Å². The van der Waals surface area contributed by atoms with Gasteiger partial charge in [0.2, 0.25) is 0 Å². The molecule has 0 unspecified atom stereocenters. The molecule has 0 saturated heterocycles. The van der Waals surface area contributed by atoms with Gasteiger partial charge in [-0.05, 0) is 24.6 Å². The van der Waals surface area contributed by atoms with Gasteiger partial charge in [-0.25, -0.2) is 4.79 Å². The van der Waals surface area contributed by atoms with Crippen molar-refractivity contribution in [2.45, 2.75) is 24.9 Å². The summed E-state index contributed by atoms with van der Waals surface area (Å²) in [7, 11) is 3.56. The quantitative estimate of drug-likeness (QED) is 0.466. The summed E-state index contributed by atoms with van der Waals surface area (Å²) in [4.78, 5) is 48.9. The van der Waals surface area contributed by atoms with Crippen molar-refractivity contribution in [2.24, 2.45) is 11.8 Å². The molecular weight excluding hydrogens is 356 g/mol. The number of carbonyl (C=O) groups is 4. The molecule has 1 N–H and O–H groups in total. The number of carbonyl (C=O) groups excluding carboxylic acids is 4. The predicted octanol–water partition coefficient (Wildman–Crippen LogP) is 0.859. The fraction of sp³-hybridized carbons (Fsp3) is 0.474. The van der Waals surface area contributed by atoms with Crippen LogP contribution in [-0.2, 0) is 28.6 Å². The smallest absolute Gasteiger partial charge is 0.337 e. The molecule has 1 aromatic rings. The third-order valence-corrected chi connectivity index (χ3v) is 4.89. The molecule has 0 spiro atoms. The van der Waals surface area contributed by atoms with E-state index >= 15 is 0 Å². The predicted molar refractivity (Wildman–Crippen MR) is 91.8 cm³/mol. The molecule has 0 bridgehead atoms. The first-order valence-corrected chi connectivity index (χ1v) is 8.27. The maximum atomic E-state index is 12.6. The van der Waals surface area contributed by atoms with Gasteiger partial charge in [0.15, 0.2) is 5.78 Å². The van der Waals surface area contributed by atoms with Gasteiger partial charge in [-0.15, -0.1) is 0 Å². The van der Waals surface area contributed by atoms with Crippen LogP contribution in [0, 0.1) is 11.8 Å². The number of benzene rings is 1. The zero-order valence-corrected chi connectivity index (χ0v) is 15.6. The summed E-state index contributed by atoms with van der Waals surface area (Å²) in [5.41, 5.74) is -1.03. The molecule has 8 heteroatoms. The van der Waals surface area contributed by atoms with E-state index in [-0.39, 0.29) is 12.0 Å². The Morgan fingerprint density at radius 3 is 2.04 bits per heavy atom. The molecule has 27 heavy (non-hydrogen) atoms. The Balaban J connectivity index is 2.60. The minimum absolute atomic E-state index is 0.263. The summed E-state index contributed by atoms with van der Waals surface area (Å²) in [6.45, 7) is 1.36. The Morgan fingerprint density at radius 1 is 1.00 bits per heavy atom. The second kappa shape index (κ2) is 7.87. The van der Waals surface area contributed by atoms with Crippen LogP contribution < -0.4 is 0 Å². The van der Waals surface area contributed by atoms with Gasteiger partial charge in [-0.1, -0.05) is 12.1 Å². The molecule has 1 saturated carbocycles. The van der Waals surface area contributed by atoms with E-state index < -0.39 is 47.0 Å². The highest BCUT2D eigenvalue weighted by molar-refractivity contribution is 6.02. The molecular formula is C19H22O8. The number of methoxy groups -OCH3 is 3. The Bertz CT molecular complexity index is 749. The summed E-state index contributed by atoms with van der Waals surface area (Å²) < 4.78 is 14.2. The molecule has 1 aliphatic carbocycles. The van der Waals surface area contributed by atoms with Gasteiger partial charge >= 0.3 is 17.9 Å². The monoisotopic (exact) mass is 378 g/mol. The second-order valence-corrected chi connectivity index (χ2v) is 6.64. The van der Waals surface area contributed by atoms with Gasteiger partial charge in [0.05, 0.1) is 38.4 Å². The molecule has 1 aromatic carbocycles. The molecule has 1 fully saturated rings. The van der Waals surface area contributed by atoms with E-state index in [2.05, 4.69) is 4.74 Å². The molecule has 0 radical (unpaired) electrons. The van der Waals surface area contributed by atoms with Crippen molar-refractivity contribution in [3.05, 3.63) is 35.4 Å². The van der Waals surface area contributed by atoms with Crippen molar-refractivity contribution in [3.63, 3.8) is 0 Å². The Hall–Kier alpha value is -2.74. The van der Waals surface area contributed by atoms with Crippen LogP contribution in [0.25, 0.3) is 0 Å². The molecule has 0 heterocycles. The lowest BCUT2D eigenvalue weighted by Crippen LogP contribution is -2.55. The SMILES string of the molecule is COC(=O)c1ccc([C@@H]2[C@H](C(=O)OC)C(=O)C[C@@](C)(O)[C@@H]2C(=O)OC)cc1. The summed E-state index contributed by atoms with van der Waals surface area (Å²) in [6.07, 6.45) is -0.386. The molecule has 0 aromatic heterocycles. The third-order valence-electron chi connectivity index (χ3n) is 4.89. The van der Waals surface area contributed by atoms with Crippen LogP contribution >= 0.6 is 0 Å². The lowest BCUT2D eigenvalue weighted by molar-refractivity contribution is -0.170. The zero-order chi connectivity index (χ0) is 20.4. The van der Waals surface area contributed by atoms with Gasteiger partial charge in [0, 0.05) is 12.3 Å². The fourth-order valence-electron chi connectivity index (χ4n) is 3.63. The highest BCUT2D eigenvalue weighted by atomic mass is 16.5. The van der Waals surface area contributed by atoms with Gasteiger partial charge in [0.1, 0.15) is 5.92 Å². The molecule has 1 aliphatic rings. The number of hydrogen-bond acceptors (Lipinski definition) is 8. The minimum atomic E-state index is -1.71. The van der Waals surface area contributed by atoms with E-state index in [1.54, 1.807) is 0 Å². The number of ketones is 1. The van der Waals surface area contributed by atoms with Crippen molar-refractivity contribution in [1.29, 1.82) is 0 Å². The van der Waals surface area contributed by atoms with Crippen LogP contribution in [0.2, 0.25) is 0 Å². The normalized spacial score (nSPS) is 27.6. The lowest BCUT2D eigenvalue weighted by Gasteiger charge is -2.43. The van der Waals surface area contributed by atoms with Crippen LogP contribution in [0.5, 0.6) is 0 Å². The number of esters is 3. The van der Waals surface area contributed by atoms with Crippen LogP contribution in [-0.4, -0.2) is 55.7 Å². The average molecular weight is 378 g/mol. The van der Waals surface area contributed by atoms with E-state index in [1.165, 1.54) is 45.4 Å². The molecule has 0 amide bonds. The minimum Gasteiger partial charge on any atom is -0.469 e. The van der Waals surface area contributed by atoms with Crippen molar-refractivity contribution in [1.82, 2.24) is 0 Å². The van der Waals surface area contributed by atoms with Crippen LogP contribution in [0.15, 0.2) is 24.3 Å². The van der Waals surface area contributed by atoms with Crippen LogP contribution in [0.1, 0.15) is 35.2 Å². The zero-order valence-electron chi connectivity index (χ0n) is 15.6. The molecule has 146 valence electrons. The molecule has 8 nitrogen and oxygen atoms in total. The van der Waals surface area contributed by atoms with Crippen molar-refractivity contribution in [2.75, 3.05) is 21.3 Å². The van der Waals surface area contributed by atoms with Crippen LogP contribution in [0.4, 0.5) is 0 Å². The summed E-state index contributed by atoms with van der Waals surface area (Å²) in [5.74, 6) is -6.09. The Kier molecular flexibility index (Phi) is 6.00. The van der Waals surface area contributed by atoms with Crippen molar-refractivity contribution >= 4 is 23.7 Å². The lowest BCUT2D eigenvalue weighted by atomic mass is 9.61. The van der Waals surface area contributed by atoms with Gasteiger partial charge < -0.3 is 19.3 Å². The number of ether oxygens (including phenoxy) is 3. The second-order valence-electron chi connectivity index (χ2n) is 6.64. The molecule has 2 rings (SSSR count). The first-order chi connectivity index (χ1) is 12.7. The maximum Gasteiger partial charge on any atom is 0.337 e. The van der Waals surface area contributed by atoms with E-state index in [0.29, 0.717) is 5.56 Å². The average Bonchev–Trinajstić information content (AvgIpc) is 2.65. The van der Waals surface area contributed by atoms with Crippen molar-refractivity contribution in [3.8, 4) is 0 Å². The summed E-state index contributed by atoms with van der Waals surface area (Å²) >= 11 is 0. The fourth-order valence-corrected chi connectivity index (χ4v) is 3.63. The highest BCUT2D eigenvalue weighted by Crippen LogP contribution is 2.46. The van der Waals surface area contributed by atoms with E-state index in [9.17, 15) is 24.3 Å². The number of Topliss-reactive ketones (excluding diaryl/α,β-unsaturated/α-hetero) is 1. The number of aliphatic hydroxyl groups is 1. The molecule has 0 aliphatic heterocycles. The van der Waals surface area contributed by atoms with Gasteiger partial charge in [0.25, 0.3) is 0 Å². The first kappa shape index (κ1) is 20.6. The van der Waals surface area contributed by atoms with Gasteiger partial charge in [-0.2, -0.15) is 0 Å². The number of rotatable bonds is 4. The highest BCUT2D eigenvalue weighted by Gasteiger charge is 2.56. The molecule has 4 atom stereocenters. The van der Waals surface area contributed by atoms with Gasteiger partial charge in [-0.3, -0.25) is 14.4 Å². The van der Waals surface area contributed by atoms with Crippen molar-refractivity contribution < 1.29 is 38.5 Å². The van der Waals surface area contributed by atoms with E-state index in [4.69, 9.17) is 9.47 Å². The standard InChI is InChI=1S/C19H22O8/c1-19(24)9-12(20)14(17(22)26-3)13(15(19)18(23)27-4)10-5-7-11(8-6-10)16(21)25-2/h5-8,13-15,24H,9H2,1-4H3/t13-,14-,15+,19-/m1/s1. The van der Waals surface area contributed by atoms with Crippen LogP contribution in [0.3, 0.4) is 0 Å². The summed E-state index contributed by atoms with van der Waals surface area (Å²) in [6, 6.07) is 5.93. The van der Waals surface area contributed by atoms with E-state index in [1.807, 2.05) is 0 Å². The topological polar surface area (TPSA) is 116 Å². The first-order valence-electron chi connectivity index (χ1n) is 8.27. The third kappa shape index (κ3) is 3.85. The number of hydrogen-bond donors (Lipinski definition) is 1. The summed E-state index contributed by atoms with van der Waals surface area (Å²) in [5, 5.41) is 10.7. The maximum absolute atomic E-state index is 12.6. The largest absolute Gasteiger partial charge is 0.469 e.